The van der Waals surface area contributed by atoms with Gasteiger partial charge >= 0.3 is 6.03 Å². The minimum atomic E-state index is -0.658. The number of primary amides is 1. The Bertz CT molecular complexity index is 573. The number of likely N-dealkylation sites (tertiary alicyclic amines) is 1. The van der Waals surface area contributed by atoms with Crippen molar-refractivity contribution in [3.8, 4) is 0 Å². The molecule has 1 atom stereocenters. The topological polar surface area (TPSA) is 104 Å². The van der Waals surface area contributed by atoms with E-state index in [2.05, 4.69) is 20.2 Å². The minimum Gasteiger partial charge on any atom is -0.352 e. The van der Waals surface area contributed by atoms with Gasteiger partial charge in [-0.05, 0) is 37.2 Å². The van der Waals surface area contributed by atoms with Gasteiger partial charge in [0.05, 0.1) is 6.54 Å². The molecule has 2 saturated heterocycles. The molecule has 0 spiro atoms. The number of piperidine rings is 1. The predicted molar refractivity (Wildman–Crippen MR) is 89.2 cm³/mol. The molecule has 8 nitrogen and oxygen atoms in total. The first kappa shape index (κ1) is 16.5. The highest BCUT2D eigenvalue weighted by atomic mass is 16.2. The summed E-state index contributed by atoms with van der Waals surface area (Å²) in [5.41, 5.74) is 5.01. The van der Waals surface area contributed by atoms with E-state index in [9.17, 15) is 9.59 Å². The van der Waals surface area contributed by atoms with E-state index in [0.29, 0.717) is 11.8 Å². The molecule has 24 heavy (non-hydrogen) atoms. The molecule has 0 radical (unpaired) electrons. The van der Waals surface area contributed by atoms with Crippen LogP contribution in [0.3, 0.4) is 0 Å². The van der Waals surface area contributed by atoms with E-state index >= 15 is 0 Å². The van der Waals surface area contributed by atoms with Gasteiger partial charge in [-0.1, -0.05) is 0 Å². The molecule has 1 aromatic heterocycles. The minimum absolute atomic E-state index is 0.00809. The quantitative estimate of drug-likeness (QED) is 0.820. The van der Waals surface area contributed by atoms with Crippen molar-refractivity contribution in [3.63, 3.8) is 0 Å². The van der Waals surface area contributed by atoms with Gasteiger partial charge in [0, 0.05) is 38.6 Å². The summed E-state index contributed by atoms with van der Waals surface area (Å²) in [7, 11) is 0. The molecule has 2 fully saturated rings. The van der Waals surface area contributed by atoms with Crippen molar-refractivity contribution in [1.29, 1.82) is 0 Å². The summed E-state index contributed by atoms with van der Waals surface area (Å²) in [5, 5.41) is 2.37. The number of rotatable bonds is 4. The van der Waals surface area contributed by atoms with Gasteiger partial charge in [0.15, 0.2) is 0 Å². The predicted octanol–water partition coefficient (Wildman–Crippen LogP) is 0.210. The Morgan fingerprint density at radius 3 is 2.46 bits per heavy atom. The van der Waals surface area contributed by atoms with Crippen LogP contribution in [-0.4, -0.2) is 59.5 Å². The largest absolute Gasteiger partial charge is 0.352 e. The van der Waals surface area contributed by atoms with Crippen molar-refractivity contribution >= 4 is 17.9 Å². The summed E-state index contributed by atoms with van der Waals surface area (Å²) in [6.07, 6.45) is 6.79. The molecular weight excluding hydrogens is 308 g/mol. The molecular formula is C16H24N6O2. The molecule has 2 aliphatic heterocycles. The Morgan fingerprint density at radius 1 is 1.12 bits per heavy atom. The summed E-state index contributed by atoms with van der Waals surface area (Å²) in [4.78, 5) is 35.4. The van der Waals surface area contributed by atoms with Crippen LogP contribution >= 0.6 is 0 Å². The van der Waals surface area contributed by atoms with E-state index in [1.54, 1.807) is 12.4 Å². The van der Waals surface area contributed by atoms with E-state index in [1.807, 2.05) is 11.0 Å². The molecule has 2 aliphatic rings. The lowest BCUT2D eigenvalue weighted by molar-refractivity contribution is -0.129. The zero-order valence-corrected chi connectivity index (χ0v) is 13.7. The van der Waals surface area contributed by atoms with Crippen LogP contribution in [0.2, 0.25) is 0 Å². The molecule has 1 unspecified atom stereocenters. The van der Waals surface area contributed by atoms with E-state index in [1.165, 1.54) is 0 Å². The molecule has 3 amide bonds. The fourth-order valence-electron chi connectivity index (χ4n) is 3.70. The summed E-state index contributed by atoms with van der Waals surface area (Å²) < 4.78 is 0. The number of nitrogens with one attached hydrogen (secondary N) is 1. The first-order chi connectivity index (χ1) is 11.6. The smallest absolute Gasteiger partial charge is 0.312 e. The standard InChI is InChI=1S/C16H24N6O2/c17-15(24)20-10-14(23)22-9-4-13(11-22)12-2-7-21(8-3-12)16-18-5-1-6-19-16/h1,5-6,12-13H,2-4,7-11H2,(H3,17,20,24). The average molecular weight is 332 g/mol. The maximum Gasteiger partial charge on any atom is 0.312 e. The first-order valence-corrected chi connectivity index (χ1v) is 8.46. The summed E-state index contributed by atoms with van der Waals surface area (Å²) in [5.74, 6) is 1.93. The number of hydrogen-bond donors (Lipinski definition) is 2. The molecule has 3 N–H and O–H groups in total. The Balaban J connectivity index is 1.46. The third kappa shape index (κ3) is 3.93. The van der Waals surface area contributed by atoms with E-state index in [-0.39, 0.29) is 12.5 Å². The van der Waals surface area contributed by atoms with Crippen LogP contribution in [0.1, 0.15) is 19.3 Å². The zero-order valence-electron chi connectivity index (χ0n) is 13.7. The van der Waals surface area contributed by atoms with Gasteiger partial charge in [0.1, 0.15) is 0 Å². The van der Waals surface area contributed by atoms with Crippen molar-refractivity contribution in [1.82, 2.24) is 20.2 Å². The van der Waals surface area contributed by atoms with Crippen LogP contribution in [0, 0.1) is 11.8 Å². The maximum atomic E-state index is 12.0. The van der Waals surface area contributed by atoms with Gasteiger partial charge in [-0.3, -0.25) is 4.79 Å². The molecule has 130 valence electrons. The fourth-order valence-corrected chi connectivity index (χ4v) is 3.70. The number of carbonyl (C=O) groups is 2. The molecule has 0 saturated carbocycles. The Kier molecular flexibility index (Phi) is 5.12. The SMILES string of the molecule is NC(=O)NCC(=O)N1CCC(C2CCN(c3ncccn3)CC2)C1. The Labute approximate surface area is 141 Å². The fraction of sp³-hybridized carbons (Fsp3) is 0.625. The molecule has 0 bridgehead atoms. The first-order valence-electron chi connectivity index (χ1n) is 8.46. The second kappa shape index (κ2) is 7.46. The lowest BCUT2D eigenvalue weighted by Gasteiger charge is -2.34. The van der Waals surface area contributed by atoms with Crippen LogP contribution in [0.4, 0.5) is 10.7 Å². The van der Waals surface area contributed by atoms with Gasteiger partial charge in [0.2, 0.25) is 11.9 Å². The molecule has 0 aromatic carbocycles. The summed E-state index contributed by atoms with van der Waals surface area (Å²) in [6, 6.07) is 1.17. The van der Waals surface area contributed by atoms with Crippen molar-refractivity contribution in [2.75, 3.05) is 37.6 Å². The lowest BCUT2D eigenvalue weighted by Crippen LogP contribution is -2.42. The number of aromatic nitrogens is 2. The zero-order chi connectivity index (χ0) is 16.9. The highest BCUT2D eigenvalue weighted by Gasteiger charge is 2.33. The number of anilines is 1. The highest BCUT2D eigenvalue weighted by molar-refractivity contribution is 5.83. The lowest BCUT2D eigenvalue weighted by atomic mass is 9.84. The van der Waals surface area contributed by atoms with E-state index in [4.69, 9.17) is 5.73 Å². The summed E-state index contributed by atoms with van der Waals surface area (Å²) in [6.45, 7) is 3.47. The molecule has 0 aliphatic carbocycles. The van der Waals surface area contributed by atoms with Crippen molar-refractivity contribution in [2.24, 2.45) is 17.6 Å². The Hall–Kier alpha value is -2.38. The monoisotopic (exact) mass is 332 g/mol. The second-order valence-electron chi connectivity index (χ2n) is 6.48. The highest BCUT2D eigenvalue weighted by Crippen LogP contribution is 2.32. The van der Waals surface area contributed by atoms with Crippen LogP contribution in [0.25, 0.3) is 0 Å². The number of hydrogen-bond acceptors (Lipinski definition) is 5. The van der Waals surface area contributed by atoms with Gasteiger partial charge in [-0.15, -0.1) is 0 Å². The normalized spacial score (nSPS) is 21.8. The molecule has 8 heteroatoms. The van der Waals surface area contributed by atoms with Crippen molar-refractivity contribution < 1.29 is 9.59 Å². The van der Waals surface area contributed by atoms with Crippen molar-refractivity contribution in [3.05, 3.63) is 18.5 Å². The van der Waals surface area contributed by atoms with E-state index in [0.717, 1.165) is 51.4 Å². The number of urea groups is 1. The average Bonchev–Trinajstić information content (AvgIpc) is 3.11. The third-order valence-electron chi connectivity index (χ3n) is 5.03. The maximum absolute atomic E-state index is 12.0. The third-order valence-corrected chi connectivity index (χ3v) is 5.03. The van der Waals surface area contributed by atoms with E-state index < -0.39 is 6.03 Å². The Morgan fingerprint density at radius 2 is 1.79 bits per heavy atom. The van der Waals surface area contributed by atoms with Crippen LogP contribution < -0.4 is 16.0 Å². The van der Waals surface area contributed by atoms with Gasteiger partial charge in [0.25, 0.3) is 0 Å². The molecule has 3 rings (SSSR count). The van der Waals surface area contributed by atoms with Crippen LogP contribution in [-0.2, 0) is 4.79 Å². The number of nitrogens with zero attached hydrogens (tertiary/aromatic N) is 4. The van der Waals surface area contributed by atoms with Gasteiger partial charge < -0.3 is 20.9 Å². The molecule has 1 aromatic rings. The number of amides is 3. The van der Waals surface area contributed by atoms with Gasteiger partial charge in [-0.2, -0.15) is 0 Å². The van der Waals surface area contributed by atoms with Crippen LogP contribution in [0.5, 0.6) is 0 Å². The van der Waals surface area contributed by atoms with Crippen molar-refractivity contribution in [2.45, 2.75) is 19.3 Å². The molecule has 3 heterocycles. The van der Waals surface area contributed by atoms with Gasteiger partial charge in [-0.25, -0.2) is 14.8 Å². The second-order valence-corrected chi connectivity index (χ2v) is 6.48. The number of nitrogens with two attached hydrogens (primary N) is 1. The summed E-state index contributed by atoms with van der Waals surface area (Å²) >= 11 is 0. The number of carbonyl (C=O) groups excluding carboxylic acids is 2. The van der Waals surface area contributed by atoms with Crippen LogP contribution in [0.15, 0.2) is 18.5 Å².